The van der Waals surface area contributed by atoms with E-state index in [-0.39, 0.29) is 6.10 Å². The molecular formula is C15H24NO6-. The molecule has 0 bridgehead atoms. The van der Waals surface area contributed by atoms with E-state index in [1.807, 2.05) is 0 Å². The van der Waals surface area contributed by atoms with E-state index in [4.69, 9.17) is 9.47 Å². The summed E-state index contributed by atoms with van der Waals surface area (Å²) >= 11 is 0. The van der Waals surface area contributed by atoms with Gasteiger partial charge in [-0.15, -0.1) is 0 Å². The van der Waals surface area contributed by atoms with Gasteiger partial charge in [0.1, 0.15) is 11.7 Å². The molecule has 0 unspecified atom stereocenters. The average Bonchev–Trinajstić information content (AvgIpc) is 2.36. The number of hydrogen-bond acceptors (Lipinski definition) is 6. The summed E-state index contributed by atoms with van der Waals surface area (Å²) in [6.07, 6.45) is 3.16. The maximum atomic E-state index is 11.8. The first-order valence-corrected chi connectivity index (χ1v) is 7.57. The Labute approximate surface area is 130 Å². The Bertz CT molecular complexity index is 409. The molecule has 1 aliphatic rings. The van der Waals surface area contributed by atoms with Crippen molar-refractivity contribution in [3.05, 3.63) is 0 Å². The molecule has 7 heteroatoms. The van der Waals surface area contributed by atoms with Crippen molar-refractivity contribution in [2.75, 3.05) is 0 Å². The number of nitrogens with one attached hydrogen (secondary N) is 1. The van der Waals surface area contributed by atoms with Crippen LogP contribution in [0.1, 0.15) is 59.3 Å². The van der Waals surface area contributed by atoms with Gasteiger partial charge in [-0.2, -0.15) is 0 Å². The summed E-state index contributed by atoms with van der Waals surface area (Å²) in [6, 6.07) is -1.47. The molecule has 0 aromatic rings. The van der Waals surface area contributed by atoms with Gasteiger partial charge >= 0.3 is 12.1 Å². The molecule has 0 spiro atoms. The van der Waals surface area contributed by atoms with E-state index in [2.05, 4.69) is 5.32 Å². The van der Waals surface area contributed by atoms with Crippen LogP contribution in [-0.2, 0) is 19.1 Å². The largest absolute Gasteiger partial charge is 0.548 e. The number of alkyl carbamates (subject to hydrolysis) is 1. The van der Waals surface area contributed by atoms with E-state index in [0.717, 1.165) is 32.1 Å². The molecule has 1 rings (SSSR count). The van der Waals surface area contributed by atoms with Crippen LogP contribution in [0.4, 0.5) is 4.79 Å². The normalized spacial score (nSPS) is 17.4. The van der Waals surface area contributed by atoms with Crippen molar-refractivity contribution in [3.8, 4) is 0 Å². The number of ether oxygens (including phenoxy) is 2. The van der Waals surface area contributed by atoms with Crippen molar-refractivity contribution < 1.29 is 29.0 Å². The van der Waals surface area contributed by atoms with Crippen molar-refractivity contribution in [1.29, 1.82) is 0 Å². The van der Waals surface area contributed by atoms with Gasteiger partial charge in [0.2, 0.25) is 0 Å². The lowest BCUT2D eigenvalue weighted by molar-refractivity contribution is -0.308. The van der Waals surface area contributed by atoms with Crippen LogP contribution in [0.3, 0.4) is 0 Å². The molecule has 1 saturated carbocycles. The first kappa shape index (κ1) is 18.3. The third-order valence-corrected chi connectivity index (χ3v) is 3.20. The lowest BCUT2D eigenvalue weighted by Crippen LogP contribution is -2.50. The smallest absolute Gasteiger partial charge is 0.408 e. The molecule has 0 aromatic carbocycles. The molecule has 7 nitrogen and oxygen atoms in total. The summed E-state index contributed by atoms with van der Waals surface area (Å²) in [5.41, 5.74) is -0.761. The van der Waals surface area contributed by atoms with Crippen LogP contribution in [0.5, 0.6) is 0 Å². The molecule has 0 aliphatic heterocycles. The Hall–Kier alpha value is -1.79. The van der Waals surface area contributed by atoms with Crippen LogP contribution >= 0.6 is 0 Å². The highest BCUT2D eigenvalue weighted by Crippen LogP contribution is 2.20. The molecule has 0 saturated heterocycles. The predicted molar refractivity (Wildman–Crippen MR) is 75.7 cm³/mol. The number of hydrogen-bond donors (Lipinski definition) is 1. The van der Waals surface area contributed by atoms with Crippen LogP contribution in [0, 0.1) is 0 Å². The standard InChI is InChI=1S/C15H25NO6/c1-15(2,3)22-14(20)16-11(13(18)19)9-12(17)21-10-7-5-4-6-8-10/h10-11H,4-9H2,1-3H3,(H,16,20)(H,18,19)/p-1/t11-/m0/s1. The summed E-state index contributed by atoms with van der Waals surface area (Å²) in [6.45, 7) is 4.95. The zero-order valence-electron chi connectivity index (χ0n) is 13.3. The molecule has 1 fully saturated rings. The highest BCUT2D eigenvalue weighted by atomic mass is 16.6. The lowest BCUT2D eigenvalue weighted by atomic mass is 9.98. The Morgan fingerprint density at radius 1 is 1.18 bits per heavy atom. The van der Waals surface area contributed by atoms with E-state index >= 15 is 0 Å². The minimum Gasteiger partial charge on any atom is -0.548 e. The zero-order valence-corrected chi connectivity index (χ0v) is 13.3. The van der Waals surface area contributed by atoms with Gasteiger partial charge < -0.3 is 24.7 Å². The van der Waals surface area contributed by atoms with Crippen LogP contribution in [0.25, 0.3) is 0 Å². The second-order valence-corrected chi connectivity index (χ2v) is 6.47. The summed E-state index contributed by atoms with van der Waals surface area (Å²) in [7, 11) is 0. The van der Waals surface area contributed by atoms with Gasteiger partial charge in [0.05, 0.1) is 18.4 Å². The van der Waals surface area contributed by atoms with Gasteiger partial charge in [0.25, 0.3) is 0 Å². The number of rotatable bonds is 5. The maximum absolute atomic E-state index is 11.8. The highest BCUT2D eigenvalue weighted by Gasteiger charge is 2.24. The number of esters is 1. The van der Waals surface area contributed by atoms with Gasteiger partial charge in [-0.1, -0.05) is 6.42 Å². The van der Waals surface area contributed by atoms with E-state index in [0.29, 0.717) is 0 Å². The second kappa shape index (κ2) is 8.00. The van der Waals surface area contributed by atoms with Crippen LogP contribution in [0.15, 0.2) is 0 Å². The Morgan fingerprint density at radius 2 is 1.77 bits per heavy atom. The van der Waals surface area contributed by atoms with Crippen molar-refractivity contribution in [3.63, 3.8) is 0 Å². The van der Waals surface area contributed by atoms with Crippen molar-refractivity contribution in [1.82, 2.24) is 5.32 Å². The van der Waals surface area contributed by atoms with Crippen LogP contribution in [0.2, 0.25) is 0 Å². The highest BCUT2D eigenvalue weighted by molar-refractivity contribution is 5.84. The third kappa shape index (κ3) is 7.28. The fraction of sp³-hybridized carbons (Fsp3) is 0.800. The number of carboxylic acid groups (broad SMARTS) is 1. The summed E-state index contributed by atoms with van der Waals surface area (Å²) in [5, 5.41) is 13.2. The maximum Gasteiger partial charge on any atom is 0.408 e. The summed E-state index contributed by atoms with van der Waals surface area (Å²) in [4.78, 5) is 34.4. The Balaban J connectivity index is 2.47. The molecule has 22 heavy (non-hydrogen) atoms. The fourth-order valence-electron chi connectivity index (χ4n) is 2.23. The van der Waals surface area contributed by atoms with Gasteiger partial charge in [-0.05, 0) is 46.5 Å². The zero-order chi connectivity index (χ0) is 16.8. The number of carboxylic acids is 1. The van der Waals surface area contributed by atoms with Gasteiger partial charge in [-0.25, -0.2) is 4.79 Å². The predicted octanol–water partition coefficient (Wildman–Crippen LogP) is 0.896. The fourth-order valence-corrected chi connectivity index (χ4v) is 2.23. The van der Waals surface area contributed by atoms with Gasteiger partial charge in [0, 0.05) is 0 Å². The monoisotopic (exact) mass is 314 g/mol. The number of carbonyl (C=O) groups is 3. The van der Waals surface area contributed by atoms with E-state index in [1.165, 1.54) is 0 Å². The molecular weight excluding hydrogens is 290 g/mol. The minimum absolute atomic E-state index is 0.162. The molecule has 1 aliphatic carbocycles. The number of amides is 1. The number of aliphatic carboxylic acids is 1. The van der Waals surface area contributed by atoms with E-state index in [1.54, 1.807) is 20.8 Å². The Kier molecular flexibility index (Phi) is 6.64. The SMILES string of the molecule is CC(C)(C)OC(=O)N[C@@H](CC(=O)OC1CCCCC1)C(=O)[O-]. The second-order valence-electron chi connectivity index (χ2n) is 6.47. The minimum atomic E-state index is -1.55. The lowest BCUT2D eigenvalue weighted by Gasteiger charge is -2.25. The third-order valence-electron chi connectivity index (χ3n) is 3.20. The Morgan fingerprint density at radius 3 is 2.27 bits per heavy atom. The molecule has 1 N–H and O–H groups in total. The van der Waals surface area contributed by atoms with Crippen molar-refractivity contribution in [2.45, 2.75) is 77.0 Å². The quantitative estimate of drug-likeness (QED) is 0.756. The summed E-state index contributed by atoms with van der Waals surface area (Å²) < 4.78 is 10.2. The van der Waals surface area contributed by atoms with E-state index in [9.17, 15) is 19.5 Å². The van der Waals surface area contributed by atoms with Crippen LogP contribution < -0.4 is 10.4 Å². The molecule has 126 valence electrons. The molecule has 0 radical (unpaired) electrons. The average molecular weight is 314 g/mol. The molecule has 1 amide bonds. The van der Waals surface area contributed by atoms with Crippen molar-refractivity contribution >= 4 is 18.0 Å². The summed E-state index contributed by atoms with van der Waals surface area (Å²) in [5.74, 6) is -2.20. The molecule has 0 heterocycles. The first-order valence-electron chi connectivity index (χ1n) is 7.57. The van der Waals surface area contributed by atoms with Crippen LogP contribution in [-0.4, -0.2) is 35.8 Å². The topological polar surface area (TPSA) is 105 Å². The molecule has 0 aromatic heterocycles. The molecule has 1 atom stereocenters. The van der Waals surface area contributed by atoms with Crippen molar-refractivity contribution in [2.24, 2.45) is 0 Å². The van der Waals surface area contributed by atoms with Gasteiger partial charge in [-0.3, -0.25) is 4.79 Å². The first-order chi connectivity index (χ1) is 10.2. The van der Waals surface area contributed by atoms with E-state index < -0.39 is 36.1 Å². The van der Waals surface area contributed by atoms with Gasteiger partial charge in [0.15, 0.2) is 0 Å². The number of carbonyl (C=O) groups excluding carboxylic acids is 3.